The van der Waals surface area contributed by atoms with Gasteiger partial charge in [0.15, 0.2) is 5.78 Å². The molecule has 0 saturated heterocycles. The van der Waals surface area contributed by atoms with Crippen LogP contribution in [0.4, 0.5) is 19.0 Å². The molecule has 6 rings (SSSR count). The van der Waals surface area contributed by atoms with E-state index in [1.165, 1.54) is 12.1 Å². The highest BCUT2D eigenvalue weighted by Gasteiger charge is 2.59. The number of fused-ring (bicyclic) bond motifs is 4. The van der Waals surface area contributed by atoms with E-state index in [2.05, 4.69) is 15.3 Å². The molecule has 1 fully saturated rings. The Morgan fingerprint density at radius 3 is 2.86 bits per heavy atom. The Bertz CT molecular complexity index is 1370. The maximum absolute atomic E-state index is 12.9. The summed E-state index contributed by atoms with van der Waals surface area (Å²) in [5.41, 5.74) is 0.445. The summed E-state index contributed by atoms with van der Waals surface area (Å²) in [5.74, 6) is 1.68. The lowest BCUT2D eigenvalue weighted by Gasteiger charge is -2.19. The number of carbonyl (C=O) groups excluding carboxylic acids is 2. The number of rotatable bonds is 5. The van der Waals surface area contributed by atoms with E-state index in [9.17, 15) is 22.8 Å². The van der Waals surface area contributed by atoms with E-state index in [1.54, 1.807) is 24.4 Å². The summed E-state index contributed by atoms with van der Waals surface area (Å²) in [4.78, 5) is 32.0. The molecule has 3 aliphatic rings. The zero-order chi connectivity index (χ0) is 24.3. The maximum Gasteiger partial charge on any atom is 0.433 e. The topological polar surface area (TPSA) is 90.4 Å². The normalized spacial score (nSPS) is 21.8. The Morgan fingerprint density at radius 2 is 2.03 bits per heavy atom. The quantitative estimate of drug-likeness (QED) is 0.521. The molecule has 1 saturated carbocycles. The van der Waals surface area contributed by atoms with Gasteiger partial charge in [0.25, 0.3) is 0 Å². The number of amides is 1. The number of nitrogens with one attached hydrogen (secondary N) is 1. The molecule has 10 heteroatoms. The van der Waals surface area contributed by atoms with Crippen LogP contribution in [0.5, 0.6) is 17.2 Å². The number of benzene rings is 1. The number of halogens is 3. The number of nitrogens with zero attached hydrogens (tertiary/aromatic N) is 2. The molecule has 2 aromatic heterocycles. The van der Waals surface area contributed by atoms with Crippen molar-refractivity contribution in [1.82, 2.24) is 9.97 Å². The van der Waals surface area contributed by atoms with Gasteiger partial charge in [0.1, 0.15) is 40.6 Å². The zero-order valence-corrected chi connectivity index (χ0v) is 18.1. The lowest BCUT2D eigenvalue weighted by Crippen LogP contribution is -2.20. The summed E-state index contributed by atoms with van der Waals surface area (Å²) in [7, 11) is 0. The number of hydrogen-bond acceptors (Lipinski definition) is 6. The molecule has 0 spiro atoms. The number of carbonyl (C=O) groups is 2. The molecule has 1 aliphatic carbocycles. The van der Waals surface area contributed by atoms with Gasteiger partial charge in [-0.1, -0.05) is 6.07 Å². The Labute approximate surface area is 197 Å². The summed E-state index contributed by atoms with van der Waals surface area (Å²) in [6.07, 6.45) is -2.31. The van der Waals surface area contributed by atoms with Crippen molar-refractivity contribution in [3.05, 3.63) is 71.2 Å². The van der Waals surface area contributed by atoms with E-state index in [0.29, 0.717) is 35.9 Å². The van der Waals surface area contributed by atoms with Crippen molar-refractivity contribution >= 4 is 17.5 Å². The first kappa shape index (κ1) is 21.6. The third-order valence-electron chi connectivity index (χ3n) is 6.55. The van der Waals surface area contributed by atoms with Crippen molar-refractivity contribution in [2.45, 2.75) is 37.5 Å². The van der Waals surface area contributed by atoms with Gasteiger partial charge < -0.3 is 14.8 Å². The second kappa shape index (κ2) is 7.79. The molecule has 3 aromatic rings. The molecule has 1 amide bonds. The van der Waals surface area contributed by atoms with E-state index in [1.807, 2.05) is 6.07 Å². The molecule has 0 radical (unpaired) electrons. The number of alkyl halides is 3. The smallest absolute Gasteiger partial charge is 0.433 e. The molecule has 1 aromatic carbocycles. The third-order valence-corrected chi connectivity index (χ3v) is 6.55. The van der Waals surface area contributed by atoms with Crippen molar-refractivity contribution in [3.63, 3.8) is 0 Å². The predicted octanol–water partition coefficient (Wildman–Crippen LogP) is 4.92. The van der Waals surface area contributed by atoms with Crippen molar-refractivity contribution in [1.29, 1.82) is 0 Å². The average molecular weight is 481 g/mol. The fourth-order valence-corrected chi connectivity index (χ4v) is 4.80. The average Bonchev–Trinajstić information content (AvgIpc) is 3.35. The largest absolute Gasteiger partial charge is 0.489 e. The molecule has 3 atom stereocenters. The van der Waals surface area contributed by atoms with Gasteiger partial charge in [-0.2, -0.15) is 13.2 Å². The number of aromatic nitrogens is 2. The molecular weight excluding hydrogens is 463 g/mol. The molecular formula is C25H18F3N3O4. The zero-order valence-electron chi connectivity index (χ0n) is 18.1. The van der Waals surface area contributed by atoms with Gasteiger partial charge in [-0.3, -0.25) is 9.59 Å². The maximum atomic E-state index is 12.9. The number of hydrogen-bond donors (Lipinski definition) is 1. The van der Waals surface area contributed by atoms with Crippen LogP contribution in [0.25, 0.3) is 0 Å². The van der Waals surface area contributed by atoms with Crippen molar-refractivity contribution in [2.24, 2.45) is 5.92 Å². The summed E-state index contributed by atoms with van der Waals surface area (Å²) >= 11 is 0. The Morgan fingerprint density at radius 1 is 1.17 bits per heavy atom. The number of Topliss-reactive ketones (excluding diaryl/α,β-unsaturated/α-hetero) is 1. The van der Waals surface area contributed by atoms with Crippen LogP contribution in [0.3, 0.4) is 0 Å². The van der Waals surface area contributed by atoms with Gasteiger partial charge in [-0.15, -0.1) is 0 Å². The molecule has 0 unspecified atom stereocenters. The van der Waals surface area contributed by atoms with Gasteiger partial charge in [-0.05, 0) is 42.8 Å². The standard InChI is InChI=1S/C25H18F3N3O4/c26-25(27,28)20-3-1-2-16(30-20)17(32)11-15-22-14-10-12(4-6-18(14)35-23(15)22)34-19-8-9-29-24-13(19)5-7-21(33)31-24/h1-4,6,8-10,15,22-23H,5,7,11H2,(H,29,31,33)/t15-,22-,23+/m0/s1. The first-order valence-corrected chi connectivity index (χ1v) is 11.1. The summed E-state index contributed by atoms with van der Waals surface area (Å²) < 4.78 is 50.9. The second-order valence-electron chi connectivity index (χ2n) is 8.79. The van der Waals surface area contributed by atoms with Crippen LogP contribution in [-0.4, -0.2) is 27.8 Å². The van der Waals surface area contributed by atoms with Gasteiger partial charge in [0, 0.05) is 42.0 Å². The van der Waals surface area contributed by atoms with Crippen LogP contribution in [0.15, 0.2) is 48.7 Å². The van der Waals surface area contributed by atoms with Crippen molar-refractivity contribution < 1.29 is 32.2 Å². The highest BCUT2D eigenvalue weighted by atomic mass is 19.4. The highest BCUT2D eigenvalue weighted by Crippen LogP contribution is 2.60. The third kappa shape index (κ3) is 3.88. The fourth-order valence-electron chi connectivity index (χ4n) is 4.80. The molecule has 2 aliphatic heterocycles. The van der Waals surface area contributed by atoms with E-state index in [-0.39, 0.29) is 36.0 Å². The van der Waals surface area contributed by atoms with E-state index < -0.39 is 17.7 Å². The van der Waals surface area contributed by atoms with Crippen LogP contribution < -0.4 is 14.8 Å². The van der Waals surface area contributed by atoms with Crippen LogP contribution in [0.1, 0.15) is 46.1 Å². The molecule has 35 heavy (non-hydrogen) atoms. The van der Waals surface area contributed by atoms with Crippen LogP contribution in [-0.2, 0) is 17.4 Å². The minimum atomic E-state index is -4.61. The molecule has 178 valence electrons. The lowest BCUT2D eigenvalue weighted by molar-refractivity contribution is -0.141. The molecule has 7 nitrogen and oxygen atoms in total. The van der Waals surface area contributed by atoms with Gasteiger partial charge >= 0.3 is 6.18 Å². The van der Waals surface area contributed by atoms with Gasteiger partial charge in [-0.25, -0.2) is 9.97 Å². The first-order chi connectivity index (χ1) is 16.8. The minimum Gasteiger partial charge on any atom is -0.489 e. The molecule has 4 heterocycles. The number of pyridine rings is 2. The van der Waals surface area contributed by atoms with E-state index in [0.717, 1.165) is 17.2 Å². The van der Waals surface area contributed by atoms with Crippen LogP contribution >= 0.6 is 0 Å². The number of anilines is 1. The summed E-state index contributed by atoms with van der Waals surface area (Å²) in [6.45, 7) is 0. The monoisotopic (exact) mass is 481 g/mol. The summed E-state index contributed by atoms with van der Waals surface area (Å²) in [5, 5.41) is 2.74. The van der Waals surface area contributed by atoms with Crippen molar-refractivity contribution in [3.8, 4) is 17.2 Å². The molecule has 1 N–H and O–H groups in total. The predicted molar refractivity (Wildman–Crippen MR) is 117 cm³/mol. The van der Waals surface area contributed by atoms with Gasteiger partial charge in [0.05, 0.1) is 0 Å². The second-order valence-corrected chi connectivity index (χ2v) is 8.79. The fraction of sp³-hybridized carbons (Fsp3) is 0.280. The van der Waals surface area contributed by atoms with E-state index in [4.69, 9.17) is 9.47 Å². The Kier molecular flexibility index (Phi) is 4.80. The highest BCUT2D eigenvalue weighted by molar-refractivity contribution is 5.95. The van der Waals surface area contributed by atoms with Gasteiger partial charge in [0.2, 0.25) is 5.91 Å². The van der Waals surface area contributed by atoms with Crippen LogP contribution in [0, 0.1) is 5.92 Å². The SMILES string of the molecule is O=C1CCc2c(Oc3ccc4c(c3)[C@H]3[C@H](CC(=O)c5cccc(C(F)(F)F)n5)[C@H]3O4)ccnc2N1. The molecule has 0 bridgehead atoms. The Hall–Kier alpha value is -3.95. The van der Waals surface area contributed by atoms with Crippen molar-refractivity contribution in [2.75, 3.05) is 5.32 Å². The number of ether oxygens (including phenoxy) is 2. The summed E-state index contributed by atoms with van der Waals surface area (Å²) in [6, 6.07) is 10.5. The lowest BCUT2D eigenvalue weighted by atomic mass is 10.0. The van der Waals surface area contributed by atoms with E-state index >= 15 is 0 Å². The number of ketones is 1. The minimum absolute atomic E-state index is 0.0334. The van der Waals surface area contributed by atoms with Crippen LogP contribution in [0.2, 0.25) is 0 Å². The first-order valence-electron chi connectivity index (χ1n) is 11.1. The Balaban J connectivity index is 1.18.